The monoisotopic (exact) mass is 166 g/mol. The summed E-state index contributed by atoms with van der Waals surface area (Å²) in [6.07, 6.45) is 1.67. The van der Waals surface area contributed by atoms with E-state index in [1.807, 2.05) is 18.2 Å². The van der Waals surface area contributed by atoms with Crippen molar-refractivity contribution in [2.75, 3.05) is 5.32 Å². The van der Waals surface area contributed by atoms with Gasteiger partial charge in [-0.3, -0.25) is 4.99 Å². The SMILES string of the molecule is Clc1cccc2c1NC=NC2. The summed E-state index contributed by atoms with van der Waals surface area (Å²) >= 11 is 5.92. The number of halogens is 1. The van der Waals surface area contributed by atoms with Crippen molar-refractivity contribution in [3.8, 4) is 0 Å². The lowest BCUT2D eigenvalue weighted by Gasteiger charge is -2.12. The Kier molecular flexibility index (Phi) is 1.55. The first kappa shape index (κ1) is 6.68. The lowest BCUT2D eigenvalue weighted by Crippen LogP contribution is -2.05. The van der Waals surface area contributed by atoms with Gasteiger partial charge in [0, 0.05) is 0 Å². The lowest BCUT2D eigenvalue weighted by molar-refractivity contribution is 1.06. The molecule has 11 heavy (non-hydrogen) atoms. The second-order valence-electron chi connectivity index (χ2n) is 2.39. The van der Waals surface area contributed by atoms with E-state index in [1.54, 1.807) is 6.34 Å². The second kappa shape index (κ2) is 2.55. The van der Waals surface area contributed by atoms with E-state index in [9.17, 15) is 0 Å². The summed E-state index contributed by atoms with van der Waals surface area (Å²) in [7, 11) is 0. The number of hydrogen-bond donors (Lipinski definition) is 1. The molecule has 3 heteroatoms. The molecule has 1 heterocycles. The molecular formula is C8H7ClN2. The Morgan fingerprint density at radius 2 is 2.36 bits per heavy atom. The number of benzene rings is 1. The van der Waals surface area contributed by atoms with Gasteiger partial charge in [-0.15, -0.1) is 0 Å². The highest BCUT2D eigenvalue weighted by Gasteiger charge is 2.06. The van der Waals surface area contributed by atoms with Crippen molar-refractivity contribution in [3.63, 3.8) is 0 Å². The number of anilines is 1. The summed E-state index contributed by atoms with van der Waals surface area (Å²) in [6.45, 7) is 0.725. The Balaban J connectivity index is 2.54. The topological polar surface area (TPSA) is 24.4 Å². The molecule has 0 unspecified atom stereocenters. The largest absolute Gasteiger partial charge is 0.345 e. The predicted molar refractivity (Wildman–Crippen MR) is 47.3 cm³/mol. The quantitative estimate of drug-likeness (QED) is 0.629. The highest BCUT2D eigenvalue weighted by molar-refractivity contribution is 6.33. The standard InChI is InChI=1S/C8H7ClN2/c9-7-3-1-2-6-4-10-5-11-8(6)7/h1-3,5H,4H2,(H,10,11). The first-order chi connectivity index (χ1) is 5.38. The average Bonchev–Trinajstić information content (AvgIpc) is 2.06. The van der Waals surface area contributed by atoms with Crippen LogP contribution in [0.1, 0.15) is 5.56 Å². The van der Waals surface area contributed by atoms with Gasteiger partial charge in [0.1, 0.15) is 0 Å². The summed E-state index contributed by atoms with van der Waals surface area (Å²) in [4.78, 5) is 4.06. The Bertz CT molecular complexity index is 307. The Hall–Kier alpha value is -1.02. The number of para-hydroxylation sites is 1. The van der Waals surface area contributed by atoms with Crippen LogP contribution in [0.15, 0.2) is 23.2 Å². The van der Waals surface area contributed by atoms with E-state index < -0.39 is 0 Å². The van der Waals surface area contributed by atoms with Gasteiger partial charge in [0.2, 0.25) is 0 Å². The van der Waals surface area contributed by atoms with Crippen molar-refractivity contribution in [1.29, 1.82) is 0 Å². The van der Waals surface area contributed by atoms with Crippen LogP contribution in [0.4, 0.5) is 5.69 Å². The van der Waals surface area contributed by atoms with E-state index in [0.29, 0.717) is 0 Å². The minimum absolute atomic E-state index is 0.725. The molecule has 0 spiro atoms. The normalized spacial score (nSPS) is 13.9. The Morgan fingerprint density at radius 1 is 1.45 bits per heavy atom. The van der Waals surface area contributed by atoms with Crippen LogP contribution in [0, 0.1) is 0 Å². The number of aliphatic imine (C=N–C) groups is 1. The molecule has 1 aliphatic heterocycles. The van der Waals surface area contributed by atoms with Crippen molar-refractivity contribution in [1.82, 2.24) is 0 Å². The molecular weight excluding hydrogens is 160 g/mol. The summed E-state index contributed by atoms with van der Waals surface area (Å²) in [5, 5.41) is 3.77. The van der Waals surface area contributed by atoms with Crippen LogP contribution in [0.2, 0.25) is 5.02 Å². The van der Waals surface area contributed by atoms with Gasteiger partial charge < -0.3 is 5.32 Å². The predicted octanol–water partition coefficient (Wildman–Crippen LogP) is 2.29. The zero-order valence-electron chi connectivity index (χ0n) is 5.84. The number of rotatable bonds is 0. The van der Waals surface area contributed by atoms with Crippen LogP contribution in [0.25, 0.3) is 0 Å². The van der Waals surface area contributed by atoms with Crippen molar-refractivity contribution in [2.45, 2.75) is 6.54 Å². The van der Waals surface area contributed by atoms with Crippen molar-refractivity contribution < 1.29 is 0 Å². The van der Waals surface area contributed by atoms with Gasteiger partial charge in [-0.05, 0) is 11.6 Å². The maximum Gasteiger partial charge on any atom is 0.0872 e. The van der Waals surface area contributed by atoms with E-state index in [-0.39, 0.29) is 0 Å². The molecule has 0 saturated carbocycles. The summed E-state index contributed by atoms with van der Waals surface area (Å²) in [5.74, 6) is 0. The van der Waals surface area contributed by atoms with E-state index in [2.05, 4.69) is 10.3 Å². The molecule has 56 valence electrons. The summed E-state index contributed by atoms with van der Waals surface area (Å²) in [5.41, 5.74) is 2.14. The fourth-order valence-electron chi connectivity index (χ4n) is 1.12. The molecule has 0 bridgehead atoms. The molecule has 1 aromatic carbocycles. The van der Waals surface area contributed by atoms with Crippen molar-refractivity contribution >= 4 is 23.6 Å². The molecule has 0 aromatic heterocycles. The summed E-state index contributed by atoms with van der Waals surface area (Å²) in [6, 6.07) is 5.82. The van der Waals surface area contributed by atoms with Crippen LogP contribution in [-0.4, -0.2) is 6.34 Å². The molecule has 0 amide bonds. The third kappa shape index (κ3) is 1.10. The fraction of sp³-hybridized carbons (Fsp3) is 0.125. The second-order valence-corrected chi connectivity index (χ2v) is 2.80. The zero-order chi connectivity index (χ0) is 7.68. The first-order valence-electron chi connectivity index (χ1n) is 3.40. The fourth-order valence-corrected chi connectivity index (χ4v) is 1.37. The molecule has 0 aliphatic carbocycles. The van der Waals surface area contributed by atoms with E-state index in [1.165, 1.54) is 0 Å². The molecule has 0 fully saturated rings. The molecule has 0 saturated heterocycles. The van der Waals surface area contributed by atoms with Crippen LogP contribution < -0.4 is 5.32 Å². The van der Waals surface area contributed by atoms with Crippen LogP contribution in [0.5, 0.6) is 0 Å². The minimum atomic E-state index is 0.725. The molecule has 1 aliphatic rings. The lowest BCUT2D eigenvalue weighted by atomic mass is 10.1. The van der Waals surface area contributed by atoms with E-state index >= 15 is 0 Å². The van der Waals surface area contributed by atoms with Crippen molar-refractivity contribution in [3.05, 3.63) is 28.8 Å². The van der Waals surface area contributed by atoms with Crippen molar-refractivity contribution in [2.24, 2.45) is 4.99 Å². The van der Waals surface area contributed by atoms with E-state index in [4.69, 9.17) is 11.6 Å². The van der Waals surface area contributed by atoms with E-state index in [0.717, 1.165) is 22.8 Å². The molecule has 2 rings (SSSR count). The molecule has 1 N–H and O–H groups in total. The van der Waals surface area contributed by atoms with Gasteiger partial charge >= 0.3 is 0 Å². The third-order valence-electron chi connectivity index (χ3n) is 1.66. The van der Waals surface area contributed by atoms with Crippen LogP contribution in [0.3, 0.4) is 0 Å². The highest BCUT2D eigenvalue weighted by atomic mass is 35.5. The van der Waals surface area contributed by atoms with Gasteiger partial charge in [-0.1, -0.05) is 23.7 Å². The Labute approximate surface area is 69.9 Å². The minimum Gasteiger partial charge on any atom is -0.345 e. The molecule has 1 aromatic rings. The molecule has 0 atom stereocenters. The number of nitrogens with one attached hydrogen (secondary N) is 1. The van der Waals surface area contributed by atoms with Crippen LogP contribution >= 0.6 is 11.6 Å². The highest BCUT2D eigenvalue weighted by Crippen LogP contribution is 2.27. The number of fused-ring (bicyclic) bond motifs is 1. The maximum absolute atomic E-state index is 5.92. The average molecular weight is 167 g/mol. The maximum atomic E-state index is 5.92. The van der Waals surface area contributed by atoms with Gasteiger partial charge in [0.25, 0.3) is 0 Å². The number of nitrogens with zero attached hydrogens (tertiary/aromatic N) is 1. The smallest absolute Gasteiger partial charge is 0.0872 e. The van der Waals surface area contributed by atoms with Gasteiger partial charge in [-0.25, -0.2) is 0 Å². The Morgan fingerprint density at radius 3 is 3.18 bits per heavy atom. The van der Waals surface area contributed by atoms with Gasteiger partial charge in [0.15, 0.2) is 0 Å². The molecule has 2 nitrogen and oxygen atoms in total. The summed E-state index contributed by atoms with van der Waals surface area (Å²) < 4.78 is 0. The molecule has 0 radical (unpaired) electrons. The first-order valence-corrected chi connectivity index (χ1v) is 3.78. The third-order valence-corrected chi connectivity index (χ3v) is 1.98. The van der Waals surface area contributed by atoms with Gasteiger partial charge in [0.05, 0.1) is 23.6 Å². The number of hydrogen-bond acceptors (Lipinski definition) is 2. The van der Waals surface area contributed by atoms with Gasteiger partial charge in [-0.2, -0.15) is 0 Å². The zero-order valence-corrected chi connectivity index (χ0v) is 6.60. The van der Waals surface area contributed by atoms with Crippen LogP contribution in [-0.2, 0) is 6.54 Å².